The Morgan fingerprint density at radius 3 is 2.68 bits per heavy atom. The molecule has 2 aromatic rings. The Labute approximate surface area is 213 Å². The van der Waals surface area contributed by atoms with E-state index in [0.717, 1.165) is 17.8 Å². The van der Waals surface area contributed by atoms with Crippen molar-refractivity contribution < 1.29 is 32.6 Å². The maximum Gasteiger partial charge on any atom is 0.416 e. The first-order valence-electron chi connectivity index (χ1n) is 12.1. The number of nitrogens with zero attached hydrogens (tertiary/aromatic N) is 5. The number of benzene rings is 1. The van der Waals surface area contributed by atoms with Crippen LogP contribution in [0.5, 0.6) is 0 Å². The van der Waals surface area contributed by atoms with E-state index in [2.05, 4.69) is 15.6 Å². The largest absolute Gasteiger partial charge is 0.416 e. The monoisotopic (exact) mass is 526 g/mol. The number of amides is 3. The molecule has 10 nitrogen and oxygen atoms in total. The predicted octanol–water partition coefficient (Wildman–Crippen LogP) is 2.99. The number of ether oxygens (including phenoxy) is 1. The first-order chi connectivity index (χ1) is 17.5. The van der Waals surface area contributed by atoms with Crippen molar-refractivity contribution in [2.75, 3.05) is 32.1 Å². The van der Waals surface area contributed by atoms with Crippen LogP contribution in [-0.4, -0.2) is 80.7 Å². The number of anilines is 1. The molecule has 2 heterocycles. The van der Waals surface area contributed by atoms with Crippen LogP contribution in [0.15, 0.2) is 30.5 Å². The van der Waals surface area contributed by atoms with Gasteiger partial charge in [-0.1, -0.05) is 12.1 Å². The minimum Gasteiger partial charge on any atom is -0.394 e. The maximum atomic E-state index is 12.9. The average Bonchev–Trinajstić information content (AvgIpc) is 3.30. The van der Waals surface area contributed by atoms with E-state index in [9.17, 15) is 27.9 Å². The summed E-state index contributed by atoms with van der Waals surface area (Å²) in [6.07, 6.45) is -2.52. The number of nitrogens with one attached hydrogen (secondary N) is 1. The van der Waals surface area contributed by atoms with Gasteiger partial charge < -0.3 is 25.0 Å². The van der Waals surface area contributed by atoms with E-state index in [1.165, 1.54) is 17.0 Å². The van der Waals surface area contributed by atoms with E-state index < -0.39 is 23.9 Å². The zero-order chi connectivity index (χ0) is 27.2. The van der Waals surface area contributed by atoms with E-state index in [4.69, 9.17) is 4.74 Å². The van der Waals surface area contributed by atoms with Gasteiger partial charge in [-0.25, -0.2) is 9.48 Å². The van der Waals surface area contributed by atoms with Gasteiger partial charge in [-0.05, 0) is 37.6 Å². The number of likely N-dealkylation sites (N-methyl/N-ethyl adjacent to an activating group) is 1. The Kier molecular flexibility index (Phi) is 9.49. The van der Waals surface area contributed by atoms with Crippen LogP contribution >= 0.6 is 0 Å². The number of aliphatic hydroxyl groups excluding tert-OH is 1. The van der Waals surface area contributed by atoms with E-state index in [1.54, 1.807) is 29.7 Å². The molecule has 0 radical (unpaired) electrons. The Balaban J connectivity index is 1.74. The molecule has 37 heavy (non-hydrogen) atoms. The molecule has 0 spiro atoms. The van der Waals surface area contributed by atoms with Gasteiger partial charge in [-0.15, -0.1) is 5.10 Å². The van der Waals surface area contributed by atoms with Gasteiger partial charge in [0.05, 0.1) is 42.8 Å². The lowest BCUT2D eigenvalue weighted by Crippen LogP contribution is -2.48. The van der Waals surface area contributed by atoms with Crippen molar-refractivity contribution >= 4 is 17.6 Å². The summed E-state index contributed by atoms with van der Waals surface area (Å²) in [6.45, 7) is 4.62. The second-order valence-corrected chi connectivity index (χ2v) is 9.34. The molecule has 2 N–H and O–H groups in total. The highest BCUT2D eigenvalue weighted by Gasteiger charge is 2.31. The molecule has 0 unspecified atom stereocenters. The molecule has 1 aliphatic rings. The second-order valence-electron chi connectivity index (χ2n) is 9.34. The molecule has 13 heteroatoms. The molecule has 1 aromatic carbocycles. The van der Waals surface area contributed by atoms with Crippen molar-refractivity contribution in [1.82, 2.24) is 24.8 Å². The first-order valence-corrected chi connectivity index (χ1v) is 12.1. The number of aromatic nitrogens is 3. The number of fused-ring (bicyclic) bond motifs is 1. The van der Waals surface area contributed by atoms with Crippen molar-refractivity contribution in [1.29, 1.82) is 0 Å². The lowest BCUT2D eigenvalue weighted by atomic mass is 10.0. The number of carbonyl (C=O) groups excluding carboxylic acids is 2. The van der Waals surface area contributed by atoms with Gasteiger partial charge in [-0.2, -0.15) is 13.2 Å². The molecular formula is C24H33F3N6O4. The quantitative estimate of drug-likeness (QED) is 0.620. The highest BCUT2D eigenvalue weighted by molar-refractivity contribution is 5.89. The number of aliphatic hydroxyl groups is 1. The van der Waals surface area contributed by atoms with E-state index >= 15 is 0 Å². The fraction of sp³-hybridized carbons (Fsp3) is 0.583. The predicted molar refractivity (Wildman–Crippen MR) is 128 cm³/mol. The van der Waals surface area contributed by atoms with Gasteiger partial charge in [0.2, 0.25) is 5.91 Å². The summed E-state index contributed by atoms with van der Waals surface area (Å²) in [7, 11) is 1.55. The normalized spacial score (nSPS) is 20.4. The van der Waals surface area contributed by atoms with Crippen molar-refractivity contribution in [2.45, 2.75) is 58.2 Å². The van der Waals surface area contributed by atoms with Crippen LogP contribution in [0.3, 0.4) is 0 Å². The fourth-order valence-corrected chi connectivity index (χ4v) is 4.06. The fourth-order valence-electron chi connectivity index (χ4n) is 4.06. The van der Waals surface area contributed by atoms with Crippen molar-refractivity contribution in [3.63, 3.8) is 0 Å². The standard InChI is InChI=1S/C24H33F3N6O4/c1-16-12-32(17(2)14-34)22(35)5-4-10-33-20(11-28-30-33)15-37-21(16)13-31(3)23(36)29-19-8-6-18(7-9-19)24(25,26)27/h6-9,11,16-17,21,34H,4-5,10,12-15H2,1-3H3,(H,29,36)/t16-,17-,21+/m1/s1. The Bertz CT molecular complexity index is 1050. The summed E-state index contributed by atoms with van der Waals surface area (Å²) in [5.74, 6) is -0.314. The smallest absolute Gasteiger partial charge is 0.394 e. The number of urea groups is 1. The molecule has 0 aliphatic carbocycles. The number of halogens is 3. The Morgan fingerprint density at radius 1 is 1.32 bits per heavy atom. The lowest BCUT2D eigenvalue weighted by Gasteiger charge is -2.35. The van der Waals surface area contributed by atoms with E-state index in [0.29, 0.717) is 19.5 Å². The molecule has 0 saturated carbocycles. The molecule has 3 rings (SSSR count). The molecule has 3 atom stereocenters. The lowest BCUT2D eigenvalue weighted by molar-refractivity contribution is -0.138. The highest BCUT2D eigenvalue weighted by atomic mass is 19.4. The van der Waals surface area contributed by atoms with Gasteiger partial charge >= 0.3 is 12.2 Å². The van der Waals surface area contributed by atoms with Crippen LogP contribution in [-0.2, 0) is 28.9 Å². The molecule has 1 aromatic heterocycles. The van der Waals surface area contributed by atoms with Crippen LogP contribution in [0.25, 0.3) is 0 Å². The number of alkyl halides is 3. The summed E-state index contributed by atoms with van der Waals surface area (Å²) in [4.78, 5) is 28.7. The summed E-state index contributed by atoms with van der Waals surface area (Å²) >= 11 is 0. The molecule has 3 amide bonds. The van der Waals surface area contributed by atoms with Crippen LogP contribution in [0, 0.1) is 5.92 Å². The van der Waals surface area contributed by atoms with Gasteiger partial charge in [-0.3, -0.25) is 4.79 Å². The second kappa shape index (κ2) is 12.4. The third-order valence-corrected chi connectivity index (χ3v) is 6.40. The van der Waals surface area contributed by atoms with E-state index in [-0.39, 0.29) is 49.7 Å². The van der Waals surface area contributed by atoms with E-state index in [1.807, 2.05) is 6.92 Å². The number of aryl methyl sites for hydroxylation is 1. The molecule has 0 fully saturated rings. The highest BCUT2D eigenvalue weighted by Crippen LogP contribution is 2.30. The first kappa shape index (κ1) is 28.4. The zero-order valence-electron chi connectivity index (χ0n) is 21.1. The third-order valence-electron chi connectivity index (χ3n) is 6.40. The molecule has 1 aliphatic heterocycles. The number of hydrogen-bond acceptors (Lipinski definition) is 6. The summed E-state index contributed by atoms with van der Waals surface area (Å²) in [5, 5.41) is 20.3. The van der Waals surface area contributed by atoms with Gasteiger partial charge in [0.15, 0.2) is 0 Å². The summed E-state index contributed by atoms with van der Waals surface area (Å²) in [5.41, 5.74) is 0.155. The SMILES string of the molecule is C[C@@H]1CN([C@H](C)CO)C(=O)CCCn2nncc2CO[C@H]1CN(C)C(=O)Nc1ccc(C(F)(F)F)cc1. The maximum absolute atomic E-state index is 12.9. The van der Waals surface area contributed by atoms with Crippen LogP contribution in [0.1, 0.15) is 37.9 Å². The minimum absolute atomic E-state index is 0.0946. The molecule has 0 bridgehead atoms. The number of hydrogen-bond donors (Lipinski definition) is 2. The van der Waals surface area contributed by atoms with Crippen molar-refractivity contribution in [3.05, 3.63) is 41.7 Å². The van der Waals surface area contributed by atoms with Gasteiger partial charge in [0.1, 0.15) is 0 Å². The zero-order valence-corrected chi connectivity index (χ0v) is 21.1. The summed E-state index contributed by atoms with van der Waals surface area (Å²) in [6, 6.07) is 3.28. The van der Waals surface area contributed by atoms with Crippen LogP contribution in [0.4, 0.5) is 23.7 Å². The topological polar surface area (TPSA) is 113 Å². The molecule has 204 valence electrons. The average molecular weight is 527 g/mol. The molecule has 0 saturated heterocycles. The van der Waals surface area contributed by atoms with Gasteiger partial charge in [0.25, 0.3) is 0 Å². The molecular weight excluding hydrogens is 493 g/mol. The third kappa shape index (κ3) is 7.65. The van der Waals surface area contributed by atoms with Crippen molar-refractivity contribution in [3.8, 4) is 0 Å². The number of carbonyl (C=O) groups is 2. The summed E-state index contributed by atoms with van der Waals surface area (Å²) < 4.78 is 46.3. The van der Waals surface area contributed by atoms with Gasteiger partial charge in [0, 0.05) is 44.7 Å². The van der Waals surface area contributed by atoms with Crippen LogP contribution < -0.4 is 5.32 Å². The Morgan fingerprint density at radius 2 is 2.03 bits per heavy atom. The van der Waals surface area contributed by atoms with Crippen molar-refractivity contribution in [2.24, 2.45) is 5.92 Å². The van der Waals surface area contributed by atoms with Crippen LogP contribution in [0.2, 0.25) is 0 Å². The Hall–Kier alpha value is -3.19. The minimum atomic E-state index is -4.46. The number of rotatable bonds is 5.